The van der Waals surface area contributed by atoms with E-state index in [1.54, 1.807) is 18.2 Å². The van der Waals surface area contributed by atoms with E-state index >= 15 is 0 Å². The maximum absolute atomic E-state index is 11.8. The van der Waals surface area contributed by atoms with Crippen molar-refractivity contribution in [2.45, 2.75) is 6.42 Å². The van der Waals surface area contributed by atoms with Crippen LogP contribution in [-0.2, 0) is 14.6 Å². The molecule has 0 aromatic heterocycles. The first-order chi connectivity index (χ1) is 8.37. The number of carbonyl (C=O) groups excluding carboxylic acids is 1. The fourth-order valence-corrected chi connectivity index (χ4v) is 3.73. The summed E-state index contributed by atoms with van der Waals surface area (Å²) >= 11 is 5.76. The summed E-state index contributed by atoms with van der Waals surface area (Å²) in [4.78, 5) is 11.8. The number of benzene rings is 1. The minimum absolute atomic E-state index is 0.0772. The Bertz CT molecular complexity index is 586. The molecule has 0 spiro atoms. The van der Waals surface area contributed by atoms with Crippen LogP contribution in [0, 0.1) is 5.92 Å². The second-order valence-corrected chi connectivity index (χ2v) is 6.96. The number of hydrogen-bond acceptors (Lipinski definition) is 4. The lowest BCUT2D eigenvalue weighted by molar-refractivity contribution is -0.119. The van der Waals surface area contributed by atoms with Gasteiger partial charge in [-0.1, -0.05) is 11.6 Å². The monoisotopic (exact) mass is 288 g/mol. The highest BCUT2D eigenvalue weighted by molar-refractivity contribution is 7.91. The van der Waals surface area contributed by atoms with Crippen LogP contribution in [0.25, 0.3) is 0 Å². The van der Waals surface area contributed by atoms with Gasteiger partial charge in [-0.2, -0.15) is 0 Å². The molecule has 3 N–H and O–H groups in total. The molecule has 1 unspecified atom stereocenters. The molecule has 1 aliphatic heterocycles. The lowest BCUT2D eigenvalue weighted by Gasteiger charge is -2.10. The van der Waals surface area contributed by atoms with Gasteiger partial charge in [-0.15, -0.1) is 0 Å². The zero-order valence-corrected chi connectivity index (χ0v) is 11.1. The fourth-order valence-electron chi connectivity index (χ4n) is 1.87. The molecule has 0 bridgehead atoms. The first kappa shape index (κ1) is 13.2. The largest absolute Gasteiger partial charge is 0.397 e. The van der Waals surface area contributed by atoms with E-state index in [-0.39, 0.29) is 17.4 Å². The Morgan fingerprint density at radius 2 is 2.17 bits per heavy atom. The molecule has 7 heteroatoms. The number of nitrogens with one attached hydrogen (secondary N) is 1. The molecule has 18 heavy (non-hydrogen) atoms. The summed E-state index contributed by atoms with van der Waals surface area (Å²) in [6.07, 6.45) is 0.372. The van der Waals surface area contributed by atoms with Crippen LogP contribution in [0.5, 0.6) is 0 Å². The van der Waals surface area contributed by atoms with E-state index in [4.69, 9.17) is 17.3 Å². The first-order valence-electron chi connectivity index (χ1n) is 5.44. The summed E-state index contributed by atoms with van der Waals surface area (Å²) in [5, 5.41) is 3.06. The van der Waals surface area contributed by atoms with Gasteiger partial charge in [-0.25, -0.2) is 8.42 Å². The third-order valence-corrected chi connectivity index (χ3v) is 4.98. The van der Waals surface area contributed by atoms with E-state index < -0.39 is 15.8 Å². The van der Waals surface area contributed by atoms with Crippen molar-refractivity contribution in [3.05, 3.63) is 23.2 Å². The highest BCUT2D eigenvalue weighted by Crippen LogP contribution is 2.24. The minimum atomic E-state index is -3.05. The van der Waals surface area contributed by atoms with Crippen molar-refractivity contribution < 1.29 is 13.2 Å². The average molecular weight is 289 g/mol. The molecule has 2 rings (SSSR count). The summed E-state index contributed by atoms with van der Waals surface area (Å²) in [6, 6.07) is 4.75. The van der Waals surface area contributed by atoms with E-state index in [9.17, 15) is 13.2 Å². The van der Waals surface area contributed by atoms with Gasteiger partial charge in [0.15, 0.2) is 9.84 Å². The highest BCUT2D eigenvalue weighted by Gasteiger charge is 2.32. The molecule has 0 saturated carbocycles. The summed E-state index contributed by atoms with van der Waals surface area (Å²) in [5.74, 6) is -0.778. The molecular weight excluding hydrogens is 276 g/mol. The number of rotatable bonds is 2. The molecule has 1 amide bonds. The molecule has 1 atom stereocenters. The van der Waals surface area contributed by atoms with Crippen molar-refractivity contribution in [3.8, 4) is 0 Å². The molecule has 1 aromatic rings. The Morgan fingerprint density at radius 3 is 2.72 bits per heavy atom. The van der Waals surface area contributed by atoms with Gasteiger partial charge in [0.05, 0.1) is 28.1 Å². The van der Waals surface area contributed by atoms with Crippen molar-refractivity contribution in [3.63, 3.8) is 0 Å². The number of nitrogens with two attached hydrogens (primary N) is 1. The normalized spacial score (nSPS) is 21.7. The van der Waals surface area contributed by atoms with E-state index in [0.717, 1.165) is 0 Å². The van der Waals surface area contributed by atoms with Crippen molar-refractivity contribution in [2.75, 3.05) is 22.6 Å². The minimum Gasteiger partial charge on any atom is -0.397 e. The Hall–Kier alpha value is -1.27. The topological polar surface area (TPSA) is 89.3 Å². The number of nitrogen functional groups attached to an aromatic ring is 1. The maximum Gasteiger partial charge on any atom is 0.228 e. The summed E-state index contributed by atoms with van der Waals surface area (Å²) in [5.41, 5.74) is 6.50. The number of halogens is 1. The van der Waals surface area contributed by atoms with Crippen LogP contribution in [0.2, 0.25) is 5.02 Å². The van der Waals surface area contributed by atoms with Crippen LogP contribution in [0.4, 0.5) is 11.4 Å². The van der Waals surface area contributed by atoms with Crippen molar-refractivity contribution in [1.29, 1.82) is 0 Å². The lowest BCUT2D eigenvalue weighted by atomic mass is 10.1. The van der Waals surface area contributed by atoms with Gasteiger partial charge in [0.2, 0.25) is 5.91 Å². The van der Waals surface area contributed by atoms with E-state index in [0.29, 0.717) is 22.8 Å². The van der Waals surface area contributed by atoms with Gasteiger partial charge >= 0.3 is 0 Å². The summed E-state index contributed by atoms with van der Waals surface area (Å²) < 4.78 is 22.6. The highest BCUT2D eigenvalue weighted by atomic mass is 35.5. The first-order valence-corrected chi connectivity index (χ1v) is 7.64. The smallest absolute Gasteiger partial charge is 0.228 e. The van der Waals surface area contributed by atoms with Gasteiger partial charge in [-0.3, -0.25) is 4.79 Å². The van der Waals surface area contributed by atoms with Gasteiger partial charge in [0, 0.05) is 5.69 Å². The van der Waals surface area contributed by atoms with Crippen molar-refractivity contribution in [2.24, 2.45) is 5.92 Å². The van der Waals surface area contributed by atoms with Crippen LogP contribution in [0.3, 0.4) is 0 Å². The molecule has 98 valence electrons. The van der Waals surface area contributed by atoms with Crippen molar-refractivity contribution in [1.82, 2.24) is 0 Å². The van der Waals surface area contributed by atoms with Crippen LogP contribution < -0.4 is 11.1 Å². The zero-order valence-electron chi connectivity index (χ0n) is 9.52. The number of sulfone groups is 1. The van der Waals surface area contributed by atoms with Gasteiger partial charge in [0.1, 0.15) is 0 Å². The molecule has 1 heterocycles. The molecule has 0 aliphatic carbocycles. The van der Waals surface area contributed by atoms with E-state index in [1.807, 2.05) is 0 Å². The molecule has 5 nitrogen and oxygen atoms in total. The third kappa shape index (κ3) is 2.94. The Morgan fingerprint density at radius 1 is 1.44 bits per heavy atom. The Kier molecular flexibility index (Phi) is 3.49. The zero-order chi connectivity index (χ0) is 13.3. The third-order valence-electron chi connectivity index (χ3n) is 2.87. The van der Waals surface area contributed by atoms with Crippen LogP contribution in [-0.4, -0.2) is 25.8 Å². The van der Waals surface area contributed by atoms with Crippen LogP contribution in [0.1, 0.15) is 6.42 Å². The second-order valence-electron chi connectivity index (χ2n) is 4.33. The van der Waals surface area contributed by atoms with E-state index in [1.165, 1.54) is 0 Å². The Balaban J connectivity index is 2.06. The second kappa shape index (κ2) is 4.78. The van der Waals surface area contributed by atoms with Gasteiger partial charge in [0.25, 0.3) is 0 Å². The maximum atomic E-state index is 11.8. The lowest BCUT2D eigenvalue weighted by Crippen LogP contribution is -2.23. The quantitative estimate of drug-likeness (QED) is 0.803. The van der Waals surface area contributed by atoms with Crippen LogP contribution in [0.15, 0.2) is 18.2 Å². The molecule has 1 saturated heterocycles. The predicted octanol–water partition coefficient (Wildman–Crippen LogP) is 1.30. The van der Waals surface area contributed by atoms with Gasteiger partial charge in [-0.05, 0) is 24.6 Å². The number of carbonyl (C=O) groups is 1. The Labute approximate surface area is 110 Å². The molecule has 0 radical (unpaired) electrons. The molecule has 1 aliphatic rings. The fraction of sp³-hybridized carbons (Fsp3) is 0.364. The number of hydrogen-bond donors (Lipinski definition) is 2. The van der Waals surface area contributed by atoms with E-state index in [2.05, 4.69) is 5.32 Å². The molecule has 1 fully saturated rings. The number of amides is 1. The molecule has 1 aromatic carbocycles. The SMILES string of the molecule is Nc1cc(NC(=O)C2CCS(=O)(=O)C2)ccc1Cl. The number of anilines is 2. The van der Waals surface area contributed by atoms with Gasteiger partial charge < -0.3 is 11.1 Å². The summed E-state index contributed by atoms with van der Waals surface area (Å²) in [7, 11) is -3.05. The average Bonchev–Trinajstić information content (AvgIpc) is 2.64. The van der Waals surface area contributed by atoms with Crippen molar-refractivity contribution >= 4 is 38.7 Å². The molecular formula is C11H13ClN2O3S. The predicted molar refractivity (Wildman–Crippen MR) is 71.3 cm³/mol. The standard InChI is InChI=1S/C11H13ClN2O3S/c12-9-2-1-8(5-10(9)13)14-11(15)7-3-4-18(16,17)6-7/h1-2,5,7H,3-4,6,13H2,(H,14,15). The van der Waals surface area contributed by atoms with Crippen LogP contribution >= 0.6 is 11.6 Å². The summed E-state index contributed by atoms with van der Waals surface area (Å²) in [6.45, 7) is 0.